The smallest absolute Gasteiger partial charge is 0.417 e. The van der Waals surface area contributed by atoms with Gasteiger partial charge in [-0.25, -0.2) is 9.78 Å². The van der Waals surface area contributed by atoms with Crippen molar-refractivity contribution < 1.29 is 22.4 Å². The minimum atomic E-state index is -4.46. The summed E-state index contributed by atoms with van der Waals surface area (Å²) in [7, 11) is 0. The van der Waals surface area contributed by atoms with E-state index in [1.165, 1.54) is 12.1 Å². The van der Waals surface area contributed by atoms with E-state index in [9.17, 15) is 18.0 Å². The Morgan fingerprint density at radius 1 is 1.03 bits per heavy atom. The second kappa shape index (κ2) is 8.27. The molecular formula is C25H20F3N3O2. The minimum Gasteiger partial charge on any atom is -0.438 e. The number of rotatable bonds is 3. The second-order valence-corrected chi connectivity index (χ2v) is 7.93. The zero-order chi connectivity index (χ0) is 23.0. The van der Waals surface area contributed by atoms with Gasteiger partial charge in [0.25, 0.3) is 0 Å². The number of likely N-dealkylation sites (tertiary alicyclic amines) is 1. The third-order valence-electron chi connectivity index (χ3n) is 5.77. The lowest BCUT2D eigenvalue weighted by molar-refractivity contribution is -0.137. The monoisotopic (exact) mass is 451 g/mol. The van der Waals surface area contributed by atoms with Crippen LogP contribution in [0.1, 0.15) is 30.3 Å². The molecule has 0 bridgehead atoms. The number of oxazole rings is 1. The normalized spacial score (nSPS) is 16.3. The number of alkyl halides is 3. The fourth-order valence-corrected chi connectivity index (χ4v) is 4.22. The lowest BCUT2D eigenvalue weighted by Gasteiger charge is -2.22. The topological polar surface area (TPSA) is 58.4 Å². The summed E-state index contributed by atoms with van der Waals surface area (Å²) in [5.74, 6) is 0.381. The molecule has 1 aromatic heterocycles. The van der Waals surface area contributed by atoms with E-state index in [4.69, 9.17) is 4.42 Å². The third kappa shape index (κ3) is 4.16. The molecule has 0 spiro atoms. The number of fused-ring (bicyclic) bond motifs is 1. The Morgan fingerprint density at radius 2 is 1.79 bits per heavy atom. The van der Waals surface area contributed by atoms with Crippen molar-refractivity contribution in [1.82, 2.24) is 9.88 Å². The third-order valence-corrected chi connectivity index (χ3v) is 5.77. The summed E-state index contributed by atoms with van der Waals surface area (Å²) in [6, 6.07) is 18.8. The van der Waals surface area contributed by atoms with Gasteiger partial charge in [0.05, 0.1) is 5.56 Å². The predicted octanol–water partition coefficient (Wildman–Crippen LogP) is 6.88. The predicted molar refractivity (Wildman–Crippen MR) is 119 cm³/mol. The second-order valence-electron chi connectivity index (χ2n) is 7.93. The van der Waals surface area contributed by atoms with E-state index in [1.54, 1.807) is 29.2 Å². The van der Waals surface area contributed by atoms with E-state index in [2.05, 4.69) is 10.3 Å². The Kier molecular flexibility index (Phi) is 5.28. The van der Waals surface area contributed by atoms with Crippen molar-refractivity contribution in [2.24, 2.45) is 0 Å². The number of halogens is 3. The van der Waals surface area contributed by atoms with Crippen LogP contribution in [0.3, 0.4) is 0 Å². The number of nitrogens with one attached hydrogen (secondary N) is 1. The highest BCUT2D eigenvalue weighted by Gasteiger charge is 2.35. The quantitative estimate of drug-likeness (QED) is 0.369. The van der Waals surface area contributed by atoms with E-state index < -0.39 is 11.7 Å². The molecule has 0 unspecified atom stereocenters. The fraction of sp³-hybridized carbons (Fsp3) is 0.200. The summed E-state index contributed by atoms with van der Waals surface area (Å²) >= 11 is 0. The fourth-order valence-electron chi connectivity index (χ4n) is 4.22. The summed E-state index contributed by atoms with van der Waals surface area (Å²) in [4.78, 5) is 19.0. The molecule has 1 atom stereocenters. The van der Waals surface area contributed by atoms with Crippen LogP contribution < -0.4 is 5.32 Å². The molecule has 8 heteroatoms. The van der Waals surface area contributed by atoms with Gasteiger partial charge in [0.15, 0.2) is 5.58 Å². The molecule has 2 amide bonds. The number of benzene rings is 3. The molecule has 2 heterocycles. The van der Waals surface area contributed by atoms with Crippen molar-refractivity contribution in [3.8, 4) is 11.1 Å². The number of aromatic nitrogens is 1. The van der Waals surface area contributed by atoms with Crippen LogP contribution in [0.4, 0.5) is 23.7 Å². The van der Waals surface area contributed by atoms with Crippen LogP contribution in [0.2, 0.25) is 0 Å². The average Bonchev–Trinajstić information content (AvgIpc) is 3.45. The highest BCUT2D eigenvalue weighted by Crippen LogP contribution is 2.39. The first kappa shape index (κ1) is 21.1. The first-order valence-corrected chi connectivity index (χ1v) is 10.6. The SMILES string of the molecule is O=C(Nc1ccccc1)N1CCC[C@@H]1c1nc2cc(-c3ccccc3C(F)(F)F)ccc2o1. The van der Waals surface area contributed by atoms with Crippen LogP contribution in [-0.4, -0.2) is 22.5 Å². The van der Waals surface area contributed by atoms with Gasteiger partial charge in [0, 0.05) is 12.2 Å². The van der Waals surface area contributed by atoms with E-state index in [1.807, 2.05) is 30.3 Å². The van der Waals surface area contributed by atoms with Crippen molar-refractivity contribution in [2.45, 2.75) is 25.1 Å². The standard InChI is InChI=1S/C25H20F3N3O2/c26-25(27,28)19-10-5-4-9-18(19)16-12-13-22-20(15-16)30-23(33-22)21-11-6-14-31(21)24(32)29-17-7-2-1-3-8-17/h1-5,7-10,12-13,15,21H,6,11,14H2,(H,29,32)/t21-/m1/s1. The molecule has 5 nitrogen and oxygen atoms in total. The van der Waals surface area contributed by atoms with Gasteiger partial charge in [-0.3, -0.25) is 0 Å². The Labute approximate surface area is 187 Å². The molecular weight excluding hydrogens is 431 g/mol. The maximum absolute atomic E-state index is 13.5. The lowest BCUT2D eigenvalue weighted by Crippen LogP contribution is -2.34. The van der Waals surface area contributed by atoms with Gasteiger partial charge in [-0.1, -0.05) is 42.5 Å². The Bertz CT molecular complexity index is 1300. The van der Waals surface area contributed by atoms with Gasteiger partial charge < -0.3 is 14.6 Å². The molecule has 0 radical (unpaired) electrons. The largest absolute Gasteiger partial charge is 0.438 e. The van der Waals surface area contributed by atoms with E-state index >= 15 is 0 Å². The maximum Gasteiger partial charge on any atom is 0.417 e. The molecule has 5 rings (SSSR count). The first-order chi connectivity index (χ1) is 15.9. The number of carbonyl (C=O) groups is 1. The number of urea groups is 1. The average molecular weight is 451 g/mol. The zero-order valence-electron chi connectivity index (χ0n) is 17.5. The molecule has 4 aromatic rings. The first-order valence-electron chi connectivity index (χ1n) is 10.6. The Morgan fingerprint density at radius 3 is 2.58 bits per heavy atom. The van der Waals surface area contributed by atoms with E-state index in [-0.39, 0.29) is 17.6 Å². The molecule has 1 aliphatic rings. The Hall–Kier alpha value is -3.81. The highest BCUT2D eigenvalue weighted by molar-refractivity contribution is 5.90. The summed E-state index contributed by atoms with van der Waals surface area (Å²) in [5, 5.41) is 2.88. The van der Waals surface area contributed by atoms with Gasteiger partial charge >= 0.3 is 12.2 Å². The highest BCUT2D eigenvalue weighted by atomic mass is 19.4. The molecule has 0 aliphatic carbocycles. The van der Waals surface area contributed by atoms with Crippen LogP contribution in [0, 0.1) is 0 Å². The van der Waals surface area contributed by atoms with Gasteiger partial charge in [-0.05, 0) is 54.3 Å². The van der Waals surface area contributed by atoms with Crippen molar-refractivity contribution in [3.63, 3.8) is 0 Å². The van der Waals surface area contributed by atoms with E-state index in [0.29, 0.717) is 41.2 Å². The maximum atomic E-state index is 13.5. The zero-order valence-corrected chi connectivity index (χ0v) is 17.5. The molecule has 1 fully saturated rings. The minimum absolute atomic E-state index is 0.0844. The molecule has 1 N–H and O–H groups in total. The van der Waals surface area contributed by atoms with Crippen LogP contribution in [0.25, 0.3) is 22.2 Å². The number of anilines is 1. The van der Waals surface area contributed by atoms with Gasteiger partial charge in [-0.15, -0.1) is 0 Å². The molecule has 1 saturated heterocycles. The molecule has 1 aliphatic heterocycles. The van der Waals surface area contributed by atoms with Crippen molar-refractivity contribution >= 4 is 22.8 Å². The van der Waals surface area contributed by atoms with Crippen LogP contribution >= 0.6 is 0 Å². The summed E-state index contributed by atoms with van der Waals surface area (Å²) in [5.41, 5.74) is 1.40. The number of amides is 2. The lowest BCUT2D eigenvalue weighted by atomic mass is 9.99. The Balaban J connectivity index is 1.44. The summed E-state index contributed by atoms with van der Waals surface area (Å²) in [6.07, 6.45) is -2.97. The van der Waals surface area contributed by atoms with Gasteiger partial charge in [-0.2, -0.15) is 13.2 Å². The van der Waals surface area contributed by atoms with Crippen molar-refractivity contribution in [3.05, 3.63) is 84.3 Å². The summed E-state index contributed by atoms with van der Waals surface area (Å²) in [6.45, 7) is 0.562. The van der Waals surface area contributed by atoms with Gasteiger partial charge in [0.1, 0.15) is 11.6 Å². The summed E-state index contributed by atoms with van der Waals surface area (Å²) < 4.78 is 46.3. The number of para-hydroxylation sites is 1. The molecule has 3 aromatic carbocycles. The molecule has 0 saturated carbocycles. The van der Waals surface area contributed by atoms with Crippen LogP contribution in [0.5, 0.6) is 0 Å². The van der Waals surface area contributed by atoms with Crippen molar-refractivity contribution in [2.75, 3.05) is 11.9 Å². The van der Waals surface area contributed by atoms with Crippen LogP contribution in [-0.2, 0) is 6.18 Å². The van der Waals surface area contributed by atoms with Crippen molar-refractivity contribution in [1.29, 1.82) is 0 Å². The van der Waals surface area contributed by atoms with Crippen LogP contribution in [0.15, 0.2) is 77.2 Å². The number of hydrogen-bond donors (Lipinski definition) is 1. The number of carbonyl (C=O) groups excluding carboxylic acids is 1. The molecule has 33 heavy (non-hydrogen) atoms. The van der Waals surface area contributed by atoms with Gasteiger partial charge in [0.2, 0.25) is 5.89 Å². The van der Waals surface area contributed by atoms with E-state index in [0.717, 1.165) is 12.5 Å². The number of hydrogen-bond acceptors (Lipinski definition) is 3. The molecule has 168 valence electrons. The number of nitrogens with zero attached hydrogens (tertiary/aromatic N) is 2.